The van der Waals surface area contributed by atoms with Gasteiger partial charge in [-0.2, -0.15) is 5.26 Å². The number of pyridine rings is 1. The van der Waals surface area contributed by atoms with E-state index in [1.54, 1.807) is 70.4 Å². The number of thiazole rings is 1. The smallest absolute Gasteiger partial charge is 0.338 e. The van der Waals surface area contributed by atoms with E-state index in [4.69, 9.17) is 14.2 Å². The van der Waals surface area contributed by atoms with E-state index in [0.29, 0.717) is 48.8 Å². The second-order valence-corrected chi connectivity index (χ2v) is 12.4. The van der Waals surface area contributed by atoms with Gasteiger partial charge in [0.2, 0.25) is 0 Å². The van der Waals surface area contributed by atoms with Gasteiger partial charge in [-0.3, -0.25) is 9.36 Å². The van der Waals surface area contributed by atoms with Gasteiger partial charge < -0.3 is 14.2 Å². The lowest BCUT2D eigenvalue weighted by Gasteiger charge is -2.24. The van der Waals surface area contributed by atoms with E-state index >= 15 is 0 Å². The number of esters is 1. The fourth-order valence-corrected chi connectivity index (χ4v) is 7.30. The summed E-state index contributed by atoms with van der Waals surface area (Å²) in [5.74, 6) is 0.888. The van der Waals surface area contributed by atoms with Gasteiger partial charge in [-0.15, -0.1) is 11.8 Å². The molecule has 0 aliphatic carbocycles. The summed E-state index contributed by atoms with van der Waals surface area (Å²) in [6.07, 6.45) is -1.04. The zero-order valence-electron chi connectivity index (χ0n) is 26.2. The van der Waals surface area contributed by atoms with Gasteiger partial charge in [-0.05, 0) is 73.9 Å². The summed E-state index contributed by atoms with van der Waals surface area (Å²) >= 11 is 2.34. The molecule has 4 aromatic rings. The molecule has 13 heteroatoms. The zero-order valence-corrected chi connectivity index (χ0v) is 27.8. The van der Waals surface area contributed by atoms with Crippen LogP contribution in [0.3, 0.4) is 0 Å². The number of thioether (sulfide) groups is 1. The number of rotatable bonds is 10. The van der Waals surface area contributed by atoms with Gasteiger partial charge in [0.1, 0.15) is 28.3 Å². The topological polar surface area (TPSA) is 116 Å². The summed E-state index contributed by atoms with van der Waals surface area (Å²) in [6.45, 7) is 5.20. The summed E-state index contributed by atoms with van der Waals surface area (Å²) in [4.78, 5) is 36.3. The minimum absolute atomic E-state index is 0.165. The summed E-state index contributed by atoms with van der Waals surface area (Å²) < 4.78 is 45.0. The Bertz CT molecular complexity index is 2100. The molecule has 242 valence electrons. The van der Waals surface area contributed by atoms with E-state index in [1.165, 1.54) is 29.1 Å². The number of carbonyl (C=O) groups is 1. The number of alkyl halides is 2. The Morgan fingerprint density at radius 1 is 1.15 bits per heavy atom. The first-order valence-corrected chi connectivity index (χ1v) is 16.2. The van der Waals surface area contributed by atoms with E-state index in [9.17, 15) is 23.6 Å². The Morgan fingerprint density at radius 3 is 2.53 bits per heavy atom. The second kappa shape index (κ2) is 14.3. The summed E-state index contributed by atoms with van der Waals surface area (Å²) in [5, 5.41) is 9.85. The average molecular weight is 677 g/mol. The van der Waals surface area contributed by atoms with Crippen molar-refractivity contribution in [3.63, 3.8) is 0 Å². The molecule has 2 aromatic heterocycles. The molecule has 0 saturated carbocycles. The fraction of sp³-hybridized carbons (Fsp3) is 0.265. The van der Waals surface area contributed by atoms with E-state index in [2.05, 4.69) is 16.0 Å². The van der Waals surface area contributed by atoms with Crippen molar-refractivity contribution in [2.75, 3.05) is 20.8 Å². The van der Waals surface area contributed by atoms with E-state index in [1.807, 2.05) is 6.07 Å². The number of carbonyl (C=O) groups excluding carboxylic acids is 1. The van der Waals surface area contributed by atoms with Crippen molar-refractivity contribution in [3.8, 4) is 17.6 Å². The predicted octanol–water partition coefficient (Wildman–Crippen LogP) is 5.62. The van der Waals surface area contributed by atoms with Crippen LogP contribution in [0.4, 0.5) is 8.78 Å². The van der Waals surface area contributed by atoms with E-state index < -0.39 is 24.1 Å². The van der Waals surface area contributed by atoms with Gasteiger partial charge in [0.25, 0.3) is 12.0 Å². The molecule has 0 N–H and O–H groups in total. The molecular weight excluding hydrogens is 647 g/mol. The molecule has 2 aromatic carbocycles. The maximum Gasteiger partial charge on any atom is 0.338 e. The number of benzene rings is 2. The van der Waals surface area contributed by atoms with Crippen LogP contribution in [0.15, 0.2) is 74.6 Å². The van der Waals surface area contributed by atoms with Crippen LogP contribution in [0.25, 0.3) is 6.08 Å². The normalized spacial score (nSPS) is 14.4. The SMILES string of the molecule is CCOC(=O)C1=C(C)N=c2s/c(=C\c3ccc(OC)c(CSc4nc(C(F)F)cc(C)c4C#N)c3)c(=O)n2[C@@H]1c1ccc(OC)cc1. The number of hydrogen-bond donors (Lipinski definition) is 0. The van der Waals surface area contributed by atoms with Crippen LogP contribution in [-0.2, 0) is 15.3 Å². The Labute approximate surface area is 277 Å². The van der Waals surface area contributed by atoms with Crippen molar-refractivity contribution in [2.24, 2.45) is 4.99 Å². The summed E-state index contributed by atoms with van der Waals surface area (Å²) in [5.41, 5.74) is 2.74. The van der Waals surface area contributed by atoms with Crippen LogP contribution in [-0.4, -0.2) is 36.3 Å². The molecule has 47 heavy (non-hydrogen) atoms. The zero-order chi connectivity index (χ0) is 33.8. The Morgan fingerprint density at radius 2 is 1.89 bits per heavy atom. The maximum atomic E-state index is 14.0. The number of ether oxygens (including phenoxy) is 3. The second-order valence-electron chi connectivity index (χ2n) is 10.4. The first-order chi connectivity index (χ1) is 22.6. The van der Waals surface area contributed by atoms with Crippen LogP contribution in [0.2, 0.25) is 0 Å². The molecule has 3 heterocycles. The molecule has 0 saturated heterocycles. The van der Waals surface area contributed by atoms with E-state index in [-0.39, 0.29) is 34.1 Å². The standard InChI is InChI=1S/C34H30F2N4O5S2/c1-6-45-33(42)28-19(3)38-34-40(29(28)21-8-10-23(43-4)11-9-21)32(41)27(47-34)15-20-7-12-26(44-5)22(14-20)17-46-31-24(16-37)18(2)13-25(39-31)30(35)36/h7-15,29-30H,6,17H2,1-5H3/b27-15-/t29-/m1/s1. The largest absolute Gasteiger partial charge is 0.497 e. The van der Waals surface area contributed by atoms with Crippen LogP contribution in [0.1, 0.15) is 59.8 Å². The highest BCUT2D eigenvalue weighted by Gasteiger charge is 2.33. The van der Waals surface area contributed by atoms with Crippen molar-refractivity contribution in [1.29, 1.82) is 5.26 Å². The van der Waals surface area contributed by atoms with Crippen LogP contribution >= 0.6 is 23.1 Å². The van der Waals surface area contributed by atoms with Gasteiger partial charge in [0.15, 0.2) is 4.80 Å². The lowest BCUT2D eigenvalue weighted by molar-refractivity contribution is -0.139. The Balaban J connectivity index is 1.56. The molecule has 0 unspecified atom stereocenters. The van der Waals surface area contributed by atoms with Gasteiger partial charge in [-0.25, -0.2) is 23.6 Å². The van der Waals surface area contributed by atoms with Crippen molar-refractivity contribution in [2.45, 2.75) is 44.0 Å². The predicted molar refractivity (Wildman–Crippen MR) is 175 cm³/mol. The minimum atomic E-state index is -2.77. The minimum Gasteiger partial charge on any atom is -0.497 e. The number of fused-ring (bicyclic) bond motifs is 1. The summed E-state index contributed by atoms with van der Waals surface area (Å²) in [6, 6.07) is 15.0. The van der Waals surface area contributed by atoms with Gasteiger partial charge >= 0.3 is 5.97 Å². The molecule has 0 fully saturated rings. The Kier molecular flexibility index (Phi) is 10.2. The lowest BCUT2D eigenvalue weighted by atomic mass is 9.96. The van der Waals surface area contributed by atoms with Crippen molar-refractivity contribution >= 4 is 35.1 Å². The third-order valence-corrected chi connectivity index (χ3v) is 9.46. The molecule has 5 rings (SSSR count). The van der Waals surface area contributed by atoms with Crippen molar-refractivity contribution in [3.05, 3.63) is 113 Å². The van der Waals surface area contributed by atoms with Crippen LogP contribution in [0, 0.1) is 18.3 Å². The monoisotopic (exact) mass is 676 g/mol. The highest BCUT2D eigenvalue weighted by molar-refractivity contribution is 7.98. The number of halogens is 2. The van der Waals surface area contributed by atoms with Gasteiger partial charge in [0.05, 0.1) is 48.2 Å². The first kappa shape index (κ1) is 33.6. The molecule has 9 nitrogen and oxygen atoms in total. The van der Waals surface area contributed by atoms with Crippen molar-refractivity contribution in [1.82, 2.24) is 9.55 Å². The van der Waals surface area contributed by atoms with Gasteiger partial charge in [0, 0.05) is 11.3 Å². The maximum absolute atomic E-state index is 14.0. The number of nitriles is 1. The number of hydrogen-bond acceptors (Lipinski definition) is 10. The van der Waals surface area contributed by atoms with Crippen molar-refractivity contribution < 1.29 is 27.8 Å². The molecule has 0 bridgehead atoms. The third-order valence-electron chi connectivity index (χ3n) is 7.45. The number of aryl methyl sites for hydroxylation is 1. The molecule has 0 spiro atoms. The molecular formula is C34H30F2N4O5S2. The first-order valence-electron chi connectivity index (χ1n) is 14.4. The number of allylic oxidation sites excluding steroid dienone is 1. The highest BCUT2D eigenvalue weighted by Crippen LogP contribution is 2.34. The number of methoxy groups -OCH3 is 2. The Hall–Kier alpha value is -4.80. The molecule has 1 aliphatic heterocycles. The average Bonchev–Trinajstić information content (AvgIpc) is 3.36. The molecule has 0 radical (unpaired) electrons. The molecule has 1 aliphatic rings. The quantitative estimate of drug-likeness (QED) is 0.157. The van der Waals surface area contributed by atoms with E-state index in [0.717, 1.165) is 11.8 Å². The van der Waals surface area contributed by atoms with Crippen LogP contribution < -0.4 is 24.4 Å². The highest BCUT2D eigenvalue weighted by atomic mass is 32.2. The number of nitrogens with zero attached hydrogens (tertiary/aromatic N) is 4. The lowest BCUT2D eigenvalue weighted by Crippen LogP contribution is -2.39. The molecule has 0 amide bonds. The third kappa shape index (κ3) is 6.84. The fourth-order valence-electron chi connectivity index (χ4n) is 5.21. The van der Waals surface area contributed by atoms with Crippen LogP contribution in [0.5, 0.6) is 11.5 Å². The summed E-state index contributed by atoms with van der Waals surface area (Å²) in [7, 11) is 3.08. The number of aromatic nitrogens is 2. The van der Waals surface area contributed by atoms with Gasteiger partial charge in [-0.1, -0.05) is 29.5 Å². The molecule has 1 atom stereocenters.